The molecule has 1 aliphatic heterocycles. The fourth-order valence-corrected chi connectivity index (χ4v) is 6.86. The van der Waals surface area contributed by atoms with Gasteiger partial charge in [0.05, 0.1) is 14.2 Å². The summed E-state index contributed by atoms with van der Waals surface area (Å²) in [6.07, 6.45) is 4.56. The summed E-state index contributed by atoms with van der Waals surface area (Å²) in [5.74, 6) is 1.48. The first kappa shape index (κ1) is 31.4. The molecule has 0 radical (unpaired) electrons. The van der Waals surface area contributed by atoms with E-state index in [9.17, 15) is 9.50 Å². The third-order valence-electron chi connectivity index (χ3n) is 9.04. The predicted octanol–water partition coefficient (Wildman–Crippen LogP) is 9.09. The van der Waals surface area contributed by atoms with Crippen LogP contribution in [0.15, 0.2) is 121 Å². The summed E-state index contributed by atoms with van der Waals surface area (Å²) in [6, 6.07) is 36.3. The standard InChI is InChI=1S/C35H28FO4.C5H5.Fe/c1-4-34(37)28-12-8-7-11-24(28)31-26-19-29(38-2)30(39-3)20-27(26)33-25(32(31)34)17-18-35(40-33,21-9-5-6-10-21)22-13-15-23(36)16-14-22;1-2-4-5-3-1;/h5-20,37H,4H2,1-3H3;1-5H;/q2*-1;+2. The first-order valence-electron chi connectivity index (χ1n) is 15.1. The number of aliphatic hydroxyl groups is 1. The van der Waals surface area contributed by atoms with E-state index in [2.05, 4.69) is 12.1 Å². The van der Waals surface area contributed by atoms with Gasteiger partial charge in [0.2, 0.25) is 0 Å². The van der Waals surface area contributed by atoms with E-state index in [0.717, 1.165) is 49.7 Å². The van der Waals surface area contributed by atoms with Gasteiger partial charge in [-0.1, -0.05) is 49.4 Å². The molecule has 0 amide bonds. The smallest absolute Gasteiger partial charge is 0.493 e. The Hall–Kier alpha value is -4.61. The van der Waals surface area contributed by atoms with Crippen LogP contribution >= 0.6 is 0 Å². The number of ether oxygens (including phenoxy) is 3. The zero-order valence-electron chi connectivity index (χ0n) is 25.7. The fraction of sp³-hybridized carbons (Fsp3) is 0.150. The van der Waals surface area contributed by atoms with Crippen LogP contribution in [0, 0.1) is 5.82 Å². The second-order valence-corrected chi connectivity index (χ2v) is 11.3. The molecule has 8 rings (SSSR count). The Kier molecular flexibility index (Phi) is 8.39. The summed E-state index contributed by atoms with van der Waals surface area (Å²) in [5.41, 5.74) is 3.96. The van der Waals surface area contributed by atoms with Crippen LogP contribution < -0.4 is 14.2 Å². The third kappa shape index (κ3) is 4.76. The van der Waals surface area contributed by atoms with E-state index in [4.69, 9.17) is 14.2 Å². The SMILES string of the molecule is CCC1(O)c2ccccc2-c2c1c1c(c3cc(OC)c(OC)cc23)OC(c2ccc(F)cc2)(c2ccc[cH-]2)C=C1.[Fe+2].c1cc[cH-]c1. The molecular formula is C40H33FFeO4. The first-order chi connectivity index (χ1) is 21.9. The summed E-state index contributed by atoms with van der Waals surface area (Å²) < 4.78 is 32.6. The Balaban J connectivity index is 0.000000567. The average Bonchev–Trinajstić information content (AvgIpc) is 3.88. The van der Waals surface area contributed by atoms with Crippen molar-refractivity contribution in [2.75, 3.05) is 14.2 Å². The number of fused-ring (bicyclic) bond motifs is 8. The third-order valence-corrected chi connectivity index (χ3v) is 9.04. The van der Waals surface area contributed by atoms with Gasteiger partial charge in [-0.2, -0.15) is 30.3 Å². The zero-order chi connectivity index (χ0) is 31.2. The molecule has 0 saturated heterocycles. The van der Waals surface area contributed by atoms with Crippen LogP contribution in [0.1, 0.15) is 41.2 Å². The largest absolute Gasteiger partial charge is 2.00 e. The Bertz CT molecular complexity index is 1990. The van der Waals surface area contributed by atoms with Crippen molar-refractivity contribution in [3.8, 4) is 28.4 Å². The quantitative estimate of drug-likeness (QED) is 0.149. The maximum Gasteiger partial charge on any atom is 2.00 e. The molecule has 1 heterocycles. The van der Waals surface area contributed by atoms with Crippen LogP contribution in [0.3, 0.4) is 0 Å². The molecule has 6 aromatic rings. The van der Waals surface area contributed by atoms with Crippen molar-refractivity contribution in [2.45, 2.75) is 24.5 Å². The van der Waals surface area contributed by atoms with Gasteiger partial charge < -0.3 is 19.3 Å². The van der Waals surface area contributed by atoms with Crippen LogP contribution in [0.4, 0.5) is 4.39 Å². The van der Waals surface area contributed by atoms with Gasteiger partial charge in [0.1, 0.15) is 17.2 Å². The van der Waals surface area contributed by atoms with Crippen LogP contribution in [0.2, 0.25) is 0 Å². The van der Waals surface area contributed by atoms with Crippen molar-refractivity contribution >= 4 is 16.8 Å². The maximum atomic E-state index is 14.0. The Morgan fingerprint density at radius 3 is 2.15 bits per heavy atom. The number of methoxy groups -OCH3 is 2. The van der Waals surface area contributed by atoms with Crippen molar-refractivity contribution in [2.24, 2.45) is 0 Å². The van der Waals surface area contributed by atoms with Crippen LogP contribution in [-0.4, -0.2) is 19.3 Å². The molecule has 1 aliphatic carbocycles. The topological polar surface area (TPSA) is 47.9 Å². The van der Waals surface area contributed by atoms with Gasteiger partial charge in [-0.25, -0.2) is 28.7 Å². The van der Waals surface area contributed by atoms with Gasteiger partial charge >= 0.3 is 17.1 Å². The maximum absolute atomic E-state index is 14.0. The number of rotatable bonds is 5. The minimum Gasteiger partial charge on any atom is -0.493 e. The summed E-state index contributed by atoms with van der Waals surface area (Å²) >= 11 is 0. The van der Waals surface area contributed by atoms with Crippen molar-refractivity contribution in [1.82, 2.24) is 0 Å². The van der Waals surface area contributed by atoms with E-state index in [1.807, 2.05) is 97.9 Å². The summed E-state index contributed by atoms with van der Waals surface area (Å²) in [7, 11) is 3.23. The van der Waals surface area contributed by atoms with E-state index in [1.54, 1.807) is 26.4 Å². The van der Waals surface area contributed by atoms with Gasteiger partial charge in [-0.05, 0) is 58.8 Å². The molecular weight excluding hydrogens is 619 g/mol. The monoisotopic (exact) mass is 652 g/mol. The summed E-state index contributed by atoms with van der Waals surface area (Å²) in [5, 5.41) is 14.1. The van der Waals surface area contributed by atoms with Crippen LogP contribution in [0.5, 0.6) is 17.2 Å². The summed E-state index contributed by atoms with van der Waals surface area (Å²) in [4.78, 5) is 0. The van der Waals surface area contributed by atoms with E-state index < -0.39 is 11.2 Å². The molecule has 2 unspecified atom stereocenters. The van der Waals surface area contributed by atoms with E-state index in [1.165, 1.54) is 12.1 Å². The van der Waals surface area contributed by atoms with Gasteiger partial charge in [-0.15, -0.1) is 5.56 Å². The Morgan fingerprint density at radius 1 is 0.848 bits per heavy atom. The number of hydrogen-bond donors (Lipinski definition) is 1. The molecule has 0 aromatic heterocycles. The molecule has 0 fully saturated rings. The second kappa shape index (κ2) is 12.3. The normalized spacial score (nSPS) is 18.7. The molecule has 6 heteroatoms. The minimum atomic E-state index is -1.21. The molecule has 232 valence electrons. The van der Waals surface area contributed by atoms with E-state index >= 15 is 0 Å². The molecule has 4 nitrogen and oxygen atoms in total. The van der Waals surface area contributed by atoms with Gasteiger partial charge in [-0.3, -0.25) is 0 Å². The molecule has 46 heavy (non-hydrogen) atoms. The van der Waals surface area contributed by atoms with Crippen molar-refractivity contribution in [3.63, 3.8) is 0 Å². The molecule has 0 saturated carbocycles. The molecule has 0 bridgehead atoms. The molecule has 2 atom stereocenters. The minimum absolute atomic E-state index is 0. The first-order valence-corrected chi connectivity index (χ1v) is 15.1. The molecule has 1 N–H and O–H groups in total. The number of halogens is 1. The Morgan fingerprint density at radius 2 is 1.54 bits per heavy atom. The predicted molar refractivity (Wildman–Crippen MR) is 177 cm³/mol. The van der Waals surface area contributed by atoms with Gasteiger partial charge in [0.25, 0.3) is 0 Å². The average molecular weight is 653 g/mol. The van der Waals surface area contributed by atoms with Crippen LogP contribution in [0.25, 0.3) is 28.0 Å². The van der Waals surface area contributed by atoms with Gasteiger partial charge in [0.15, 0.2) is 17.1 Å². The second-order valence-electron chi connectivity index (χ2n) is 11.3. The number of hydrogen-bond acceptors (Lipinski definition) is 4. The van der Waals surface area contributed by atoms with Crippen molar-refractivity contribution in [1.29, 1.82) is 0 Å². The van der Waals surface area contributed by atoms with Crippen LogP contribution in [-0.2, 0) is 28.3 Å². The van der Waals surface area contributed by atoms with Crippen molar-refractivity contribution < 1.29 is 40.8 Å². The summed E-state index contributed by atoms with van der Waals surface area (Å²) in [6.45, 7) is 2.00. The van der Waals surface area contributed by atoms with E-state index in [0.29, 0.717) is 23.7 Å². The molecule has 6 aromatic carbocycles. The fourth-order valence-electron chi connectivity index (χ4n) is 6.86. The number of benzene rings is 4. The van der Waals surface area contributed by atoms with E-state index in [-0.39, 0.29) is 22.9 Å². The zero-order valence-corrected chi connectivity index (χ0v) is 26.8. The van der Waals surface area contributed by atoms with Crippen molar-refractivity contribution in [3.05, 3.63) is 155 Å². The molecule has 2 aliphatic rings. The Labute approximate surface area is 278 Å². The van der Waals surface area contributed by atoms with Gasteiger partial charge in [0, 0.05) is 22.1 Å². The molecule has 0 spiro atoms.